The van der Waals surface area contributed by atoms with Crippen molar-refractivity contribution >= 4 is 43.2 Å². The van der Waals surface area contributed by atoms with Crippen molar-refractivity contribution in [2.45, 2.75) is 20.0 Å². The molecule has 9 aromatic rings. The van der Waals surface area contributed by atoms with E-state index >= 15 is 0 Å². The van der Waals surface area contributed by atoms with Gasteiger partial charge < -0.3 is 4.90 Å². The molecule has 0 radical (unpaired) electrons. The van der Waals surface area contributed by atoms with Crippen molar-refractivity contribution in [2.24, 2.45) is 9.98 Å². The van der Waals surface area contributed by atoms with Gasteiger partial charge in [-0.25, -0.2) is 24.9 Å². The van der Waals surface area contributed by atoms with E-state index in [9.17, 15) is 0 Å². The molecule has 1 aliphatic heterocycles. The number of fused-ring (bicyclic) bond motifs is 3. The Hall–Kier alpha value is -7.61. The number of hydrogen-bond donors (Lipinski definition) is 0. The van der Waals surface area contributed by atoms with E-state index < -0.39 is 0 Å². The van der Waals surface area contributed by atoms with Crippen molar-refractivity contribution < 1.29 is 0 Å². The smallest absolute Gasteiger partial charge is 0.164 e. The summed E-state index contributed by atoms with van der Waals surface area (Å²) in [5.74, 6) is 3.51. The molecule has 298 valence electrons. The van der Waals surface area contributed by atoms with E-state index in [1.54, 1.807) is 0 Å². The summed E-state index contributed by atoms with van der Waals surface area (Å²) >= 11 is 1.84. The van der Waals surface area contributed by atoms with Crippen LogP contribution in [0.25, 0.3) is 76.6 Å². The van der Waals surface area contributed by atoms with Gasteiger partial charge in [-0.15, -0.1) is 11.3 Å². The van der Waals surface area contributed by atoms with Crippen molar-refractivity contribution in [2.75, 3.05) is 7.05 Å². The summed E-state index contributed by atoms with van der Waals surface area (Å²) in [5.41, 5.74) is 10.5. The van der Waals surface area contributed by atoms with Gasteiger partial charge in [0.2, 0.25) is 0 Å². The Morgan fingerprint density at radius 1 is 0.548 bits per heavy atom. The van der Waals surface area contributed by atoms with E-state index in [1.807, 2.05) is 97.1 Å². The maximum atomic E-state index is 5.30. The van der Waals surface area contributed by atoms with Gasteiger partial charge in [-0.1, -0.05) is 182 Å². The molecule has 7 heteroatoms. The van der Waals surface area contributed by atoms with Gasteiger partial charge in [0, 0.05) is 60.6 Å². The Bertz CT molecular complexity index is 3150. The van der Waals surface area contributed by atoms with Crippen LogP contribution in [0, 0.1) is 0 Å². The molecule has 0 N–H and O–H groups in total. The molecule has 3 heterocycles. The molecule has 10 rings (SSSR count). The predicted molar refractivity (Wildman–Crippen MR) is 259 cm³/mol. The van der Waals surface area contributed by atoms with Gasteiger partial charge in [0.15, 0.2) is 29.5 Å². The second-order valence-corrected chi connectivity index (χ2v) is 16.2. The van der Waals surface area contributed by atoms with Gasteiger partial charge in [0.1, 0.15) is 5.84 Å². The van der Waals surface area contributed by atoms with Crippen LogP contribution in [0.15, 0.2) is 210 Å². The molecule has 1 unspecified atom stereocenters. The Morgan fingerprint density at radius 2 is 1.11 bits per heavy atom. The minimum Gasteiger partial charge on any atom is -0.333 e. The summed E-state index contributed by atoms with van der Waals surface area (Å²) in [4.78, 5) is 27.5. The average molecular weight is 819 g/mol. The van der Waals surface area contributed by atoms with Crippen LogP contribution in [0.1, 0.15) is 31.1 Å². The number of amidine groups is 2. The third-order valence-corrected chi connectivity index (χ3v) is 12.5. The molecule has 1 atom stereocenters. The SMILES string of the molecule is C/C=C\C(=C/C)C1=NC(c2ccccc2)=NC(c2cccc(-c3ccc4c(sc5ccccc54)c3-c3ccc(-c4nc(-c5ccccc5)nc(-c5ccccc5)n4)cc3)c2)N1C. The van der Waals surface area contributed by atoms with Gasteiger partial charge in [0.25, 0.3) is 0 Å². The monoisotopic (exact) mass is 818 g/mol. The number of nitrogens with zero attached hydrogens (tertiary/aromatic N) is 6. The fourth-order valence-electron chi connectivity index (χ4n) is 8.20. The number of aliphatic imine (C=N–C) groups is 2. The number of rotatable bonds is 9. The fraction of sp³-hybridized carbons (Fsp3) is 0.0727. The van der Waals surface area contributed by atoms with Crippen molar-refractivity contribution in [1.29, 1.82) is 0 Å². The normalized spacial score (nSPS) is 14.4. The molecule has 6 nitrogen and oxygen atoms in total. The predicted octanol–water partition coefficient (Wildman–Crippen LogP) is 13.9. The van der Waals surface area contributed by atoms with Crippen molar-refractivity contribution in [3.05, 3.63) is 211 Å². The van der Waals surface area contributed by atoms with Gasteiger partial charge in [-0.2, -0.15) is 0 Å². The number of likely N-dealkylation sites (N-methyl/N-ethyl adjacent to an activating group) is 1. The molecular weight excluding hydrogens is 777 g/mol. The fourth-order valence-corrected chi connectivity index (χ4v) is 9.48. The van der Waals surface area contributed by atoms with E-state index in [0.717, 1.165) is 61.8 Å². The van der Waals surface area contributed by atoms with Crippen LogP contribution in [0.3, 0.4) is 0 Å². The van der Waals surface area contributed by atoms with E-state index in [2.05, 4.69) is 134 Å². The number of aromatic nitrogens is 3. The van der Waals surface area contributed by atoms with Crippen LogP contribution in [-0.2, 0) is 0 Å². The molecule has 0 bridgehead atoms. The van der Waals surface area contributed by atoms with Crippen molar-refractivity contribution in [1.82, 2.24) is 19.9 Å². The Morgan fingerprint density at radius 3 is 1.74 bits per heavy atom. The molecule has 0 aliphatic carbocycles. The zero-order valence-electron chi connectivity index (χ0n) is 34.6. The second kappa shape index (κ2) is 16.8. The summed E-state index contributed by atoms with van der Waals surface area (Å²) in [5, 5.41) is 2.51. The zero-order chi connectivity index (χ0) is 42.0. The summed E-state index contributed by atoms with van der Waals surface area (Å²) in [6.45, 7) is 4.09. The van der Waals surface area contributed by atoms with Crippen LogP contribution in [0.4, 0.5) is 0 Å². The quantitative estimate of drug-likeness (QED) is 0.136. The maximum Gasteiger partial charge on any atom is 0.164 e. The largest absolute Gasteiger partial charge is 0.333 e. The molecule has 7 aromatic carbocycles. The van der Waals surface area contributed by atoms with E-state index in [1.165, 1.54) is 25.7 Å². The minimum absolute atomic E-state index is 0.296. The highest BCUT2D eigenvalue weighted by atomic mass is 32.1. The van der Waals surface area contributed by atoms with E-state index in [0.29, 0.717) is 17.5 Å². The van der Waals surface area contributed by atoms with Crippen LogP contribution in [0.2, 0.25) is 0 Å². The van der Waals surface area contributed by atoms with Crippen LogP contribution < -0.4 is 0 Å². The second-order valence-electron chi connectivity index (χ2n) is 15.2. The lowest BCUT2D eigenvalue weighted by Gasteiger charge is -2.33. The summed E-state index contributed by atoms with van der Waals surface area (Å²) in [6.07, 6.45) is 5.98. The van der Waals surface area contributed by atoms with Gasteiger partial charge in [-0.05, 0) is 48.2 Å². The Balaban J connectivity index is 1.10. The minimum atomic E-state index is -0.296. The summed E-state index contributed by atoms with van der Waals surface area (Å²) in [7, 11) is 2.09. The molecule has 0 spiro atoms. The third kappa shape index (κ3) is 7.33. The number of benzene rings is 7. The molecule has 2 aromatic heterocycles. The average Bonchev–Trinajstić information content (AvgIpc) is 3.73. The van der Waals surface area contributed by atoms with Crippen molar-refractivity contribution in [3.63, 3.8) is 0 Å². The first-order valence-electron chi connectivity index (χ1n) is 20.8. The van der Waals surface area contributed by atoms with Gasteiger partial charge >= 0.3 is 0 Å². The molecule has 0 fully saturated rings. The molecule has 1 aliphatic rings. The highest BCUT2D eigenvalue weighted by molar-refractivity contribution is 7.26. The lowest BCUT2D eigenvalue weighted by molar-refractivity contribution is 0.383. The molecule has 62 heavy (non-hydrogen) atoms. The highest BCUT2D eigenvalue weighted by Crippen LogP contribution is 2.46. The van der Waals surface area contributed by atoms with Crippen LogP contribution in [-0.4, -0.2) is 38.6 Å². The topological polar surface area (TPSA) is 66.6 Å². The third-order valence-electron chi connectivity index (χ3n) is 11.3. The summed E-state index contributed by atoms with van der Waals surface area (Å²) in [6, 6.07) is 61.3. The standard InChI is InChI=1S/C55H42N6S/c1-4-18-36(5-2)54-59-53(40-23-13-8-14-24-40)60-55(61(54)3)43-26-17-25-42(35-43)44-33-34-46-45-27-15-16-28-47(45)62-49(46)48(44)37-29-31-41(32-30-37)52-57-50(38-19-9-6-10-20-38)56-51(58-52)39-21-11-7-12-22-39/h4-35,55H,1-3H3/b18-4-,36-5+. The highest BCUT2D eigenvalue weighted by Gasteiger charge is 2.28. The summed E-state index contributed by atoms with van der Waals surface area (Å²) < 4.78 is 2.51. The first kappa shape index (κ1) is 38.6. The van der Waals surface area contributed by atoms with Crippen molar-refractivity contribution in [3.8, 4) is 56.4 Å². The van der Waals surface area contributed by atoms with Crippen LogP contribution >= 0.6 is 11.3 Å². The molecule has 0 amide bonds. The number of hydrogen-bond acceptors (Lipinski definition) is 7. The molecule has 0 saturated carbocycles. The van der Waals surface area contributed by atoms with Gasteiger partial charge in [-0.3, -0.25) is 0 Å². The number of allylic oxidation sites excluding steroid dienone is 2. The van der Waals surface area contributed by atoms with E-state index in [-0.39, 0.29) is 6.17 Å². The van der Waals surface area contributed by atoms with E-state index in [4.69, 9.17) is 24.9 Å². The number of thiophene rings is 1. The lowest BCUT2D eigenvalue weighted by Crippen LogP contribution is -2.35. The first-order valence-corrected chi connectivity index (χ1v) is 21.6. The molecular formula is C55H42N6S. The van der Waals surface area contributed by atoms with Gasteiger partial charge in [0.05, 0.1) is 0 Å². The first-order chi connectivity index (χ1) is 30.6. The van der Waals surface area contributed by atoms with Crippen LogP contribution in [0.5, 0.6) is 0 Å². The Kier molecular flexibility index (Phi) is 10.5. The Labute approximate surface area is 365 Å². The zero-order valence-corrected chi connectivity index (χ0v) is 35.5. The lowest BCUT2D eigenvalue weighted by atomic mass is 9.91. The maximum absolute atomic E-state index is 5.30. The molecule has 0 saturated heterocycles.